The molecule has 1 atom stereocenters. The van der Waals surface area contributed by atoms with Gasteiger partial charge < -0.3 is 9.84 Å². The van der Waals surface area contributed by atoms with Crippen molar-refractivity contribution in [1.29, 1.82) is 0 Å². The minimum atomic E-state index is -0.848. The van der Waals surface area contributed by atoms with E-state index in [2.05, 4.69) is 6.58 Å². The van der Waals surface area contributed by atoms with Gasteiger partial charge in [0.05, 0.1) is 18.8 Å². The van der Waals surface area contributed by atoms with Crippen molar-refractivity contribution >= 4 is 0 Å². The first kappa shape index (κ1) is 11.7. The Morgan fingerprint density at radius 2 is 2.33 bits per heavy atom. The first-order valence-electron chi connectivity index (χ1n) is 4.82. The maximum atomic E-state index is 13.4. The lowest BCUT2D eigenvalue weighted by molar-refractivity contribution is 0.159. The van der Waals surface area contributed by atoms with Gasteiger partial charge in [0.1, 0.15) is 11.6 Å². The summed E-state index contributed by atoms with van der Waals surface area (Å²) in [5.74, 6) is -0.0579. The van der Waals surface area contributed by atoms with Crippen molar-refractivity contribution in [3.8, 4) is 5.75 Å². The van der Waals surface area contributed by atoms with E-state index in [0.29, 0.717) is 18.6 Å². The van der Waals surface area contributed by atoms with Crippen LogP contribution >= 0.6 is 0 Å². The van der Waals surface area contributed by atoms with Crippen molar-refractivity contribution in [2.24, 2.45) is 0 Å². The lowest BCUT2D eigenvalue weighted by atomic mass is 10.0. The second-order valence-corrected chi connectivity index (χ2v) is 3.24. The van der Waals surface area contributed by atoms with Gasteiger partial charge in [-0.3, -0.25) is 0 Å². The molecule has 3 heteroatoms. The molecule has 1 aromatic carbocycles. The SMILES string of the molecule is C=CCCC(O)c1c(F)cccc1OC. The molecule has 82 valence electrons. The summed E-state index contributed by atoms with van der Waals surface area (Å²) in [7, 11) is 1.46. The highest BCUT2D eigenvalue weighted by Gasteiger charge is 2.17. The molecule has 2 nitrogen and oxygen atoms in total. The summed E-state index contributed by atoms with van der Waals surface area (Å²) in [4.78, 5) is 0. The third-order valence-electron chi connectivity index (χ3n) is 2.21. The van der Waals surface area contributed by atoms with Crippen LogP contribution in [0.5, 0.6) is 5.75 Å². The maximum absolute atomic E-state index is 13.4. The Balaban J connectivity index is 2.94. The molecule has 0 saturated heterocycles. The van der Waals surface area contributed by atoms with E-state index < -0.39 is 11.9 Å². The van der Waals surface area contributed by atoms with E-state index in [9.17, 15) is 9.50 Å². The predicted molar refractivity (Wildman–Crippen MR) is 57.3 cm³/mol. The van der Waals surface area contributed by atoms with Crippen molar-refractivity contribution < 1.29 is 14.2 Å². The van der Waals surface area contributed by atoms with E-state index in [1.54, 1.807) is 18.2 Å². The minimum Gasteiger partial charge on any atom is -0.496 e. The summed E-state index contributed by atoms with van der Waals surface area (Å²) in [5.41, 5.74) is 0.224. The summed E-state index contributed by atoms with van der Waals surface area (Å²) in [6.45, 7) is 3.56. The van der Waals surface area contributed by atoms with Gasteiger partial charge in [-0.2, -0.15) is 0 Å². The van der Waals surface area contributed by atoms with Crippen LogP contribution in [0.15, 0.2) is 30.9 Å². The van der Waals surface area contributed by atoms with E-state index in [1.165, 1.54) is 13.2 Å². The number of aliphatic hydroxyl groups is 1. The Morgan fingerprint density at radius 3 is 2.93 bits per heavy atom. The van der Waals surface area contributed by atoms with Crippen molar-refractivity contribution in [3.63, 3.8) is 0 Å². The molecule has 0 heterocycles. The van der Waals surface area contributed by atoms with Gasteiger partial charge in [-0.25, -0.2) is 4.39 Å². The third-order valence-corrected chi connectivity index (χ3v) is 2.21. The summed E-state index contributed by atoms with van der Waals surface area (Å²) < 4.78 is 18.5. The fourth-order valence-corrected chi connectivity index (χ4v) is 1.44. The van der Waals surface area contributed by atoms with Crippen LogP contribution in [-0.2, 0) is 0 Å². The van der Waals surface area contributed by atoms with E-state index in [4.69, 9.17) is 4.74 Å². The first-order chi connectivity index (χ1) is 7.20. The van der Waals surface area contributed by atoms with Gasteiger partial charge in [-0.1, -0.05) is 12.1 Å². The van der Waals surface area contributed by atoms with Crippen LogP contribution in [0.1, 0.15) is 24.5 Å². The molecular formula is C12H15FO2. The Hall–Kier alpha value is -1.35. The lowest BCUT2D eigenvalue weighted by Gasteiger charge is -2.14. The molecule has 0 spiro atoms. The van der Waals surface area contributed by atoms with Crippen LogP contribution in [0.3, 0.4) is 0 Å². The Labute approximate surface area is 89.0 Å². The summed E-state index contributed by atoms with van der Waals surface area (Å²) in [5, 5.41) is 9.78. The van der Waals surface area contributed by atoms with Crippen molar-refractivity contribution in [2.45, 2.75) is 18.9 Å². The molecular weight excluding hydrogens is 195 g/mol. The second-order valence-electron chi connectivity index (χ2n) is 3.24. The monoisotopic (exact) mass is 210 g/mol. The minimum absolute atomic E-state index is 0.224. The quantitative estimate of drug-likeness (QED) is 0.757. The molecule has 1 rings (SSSR count). The Morgan fingerprint density at radius 1 is 1.60 bits per heavy atom. The molecule has 0 aliphatic carbocycles. The second kappa shape index (κ2) is 5.51. The number of ether oxygens (including phenoxy) is 1. The van der Waals surface area contributed by atoms with Gasteiger partial charge >= 0.3 is 0 Å². The van der Waals surface area contributed by atoms with Crippen LogP contribution in [0.4, 0.5) is 4.39 Å². The van der Waals surface area contributed by atoms with Gasteiger partial charge in [0.15, 0.2) is 0 Å². The van der Waals surface area contributed by atoms with E-state index in [0.717, 1.165) is 0 Å². The van der Waals surface area contributed by atoms with Gasteiger partial charge in [0, 0.05) is 0 Å². The Kier molecular flexibility index (Phi) is 4.31. The highest BCUT2D eigenvalue weighted by molar-refractivity contribution is 5.36. The molecule has 1 N–H and O–H groups in total. The fraction of sp³-hybridized carbons (Fsp3) is 0.333. The van der Waals surface area contributed by atoms with Crippen molar-refractivity contribution in [3.05, 3.63) is 42.2 Å². The molecule has 0 radical (unpaired) electrons. The zero-order valence-corrected chi connectivity index (χ0v) is 8.74. The molecule has 0 aliphatic heterocycles. The largest absolute Gasteiger partial charge is 0.496 e. The molecule has 0 aliphatic rings. The van der Waals surface area contributed by atoms with E-state index in [1.807, 2.05) is 0 Å². The highest BCUT2D eigenvalue weighted by atomic mass is 19.1. The van der Waals surface area contributed by atoms with Gasteiger partial charge in [0.25, 0.3) is 0 Å². The molecule has 15 heavy (non-hydrogen) atoms. The Bertz CT molecular complexity index is 336. The van der Waals surface area contributed by atoms with Crippen LogP contribution in [0, 0.1) is 5.82 Å². The number of rotatable bonds is 5. The van der Waals surface area contributed by atoms with Gasteiger partial charge in [-0.15, -0.1) is 6.58 Å². The molecule has 0 aromatic heterocycles. The number of halogens is 1. The van der Waals surface area contributed by atoms with Crippen LogP contribution in [0.25, 0.3) is 0 Å². The van der Waals surface area contributed by atoms with Gasteiger partial charge in [0.2, 0.25) is 0 Å². The third kappa shape index (κ3) is 2.80. The molecule has 0 saturated carbocycles. The summed E-state index contributed by atoms with van der Waals surface area (Å²) in [6.07, 6.45) is 1.93. The smallest absolute Gasteiger partial charge is 0.132 e. The summed E-state index contributed by atoms with van der Waals surface area (Å²) in [6, 6.07) is 4.50. The standard InChI is InChI=1S/C12H15FO2/c1-3-4-7-10(14)12-9(13)6-5-8-11(12)15-2/h3,5-6,8,10,14H,1,4,7H2,2H3. The number of allylic oxidation sites excluding steroid dienone is 1. The average Bonchev–Trinajstić information content (AvgIpc) is 2.25. The van der Waals surface area contributed by atoms with Crippen molar-refractivity contribution in [1.82, 2.24) is 0 Å². The molecule has 0 fully saturated rings. The number of benzene rings is 1. The maximum Gasteiger partial charge on any atom is 0.132 e. The zero-order valence-electron chi connectivity index (χ0n) is 8.74. The predicted octanol–water partition coefficient (Wildman–Crippen LogP) is 2.83. The number of aliphatic hydroxyl groups excluding tert-OH is 1. The molecule has 1 unspecified atom stereocenters. The van der Waals surface area contributed by atoms with Crippen LogP contribution < -0.4 is 4.74 Å². The fourth-order valence-electron chi connectivity index (χ4n) is 1.44. The number of hydrogen-bond donors (Lipinski definition) is 1. The zero-order chi connectivity index (χ0) is 11.3. The van der Waals surface area contributed by atoms with Crippen LogP contribution in [-0.4, -0.2) is 12.2 Å². The lowest BCUT2D eigenvalue weighted by Crippen LogP contribution is -2.03. The number of hydrogen-bond acceptors (Lipinski definition) is 2. The van der Waals surface area contributed by atoms with E-state index >= 15 is 0 Å². The van der Waals surface area contributed by atoms with Crippen LogP contribution in [0.2, 0.25) is 0 Å². The first-order valence-corrected chi connectivity index (χ1v) is 4.82. The average molecular weight is 210 g/mol. The highest BCUT2D eigenvalue weighted by Crippen LogP contribution is 2.30. The van der Waals surface area contributed by atoms with E-state index in [-0.39, 0.29) is 5.56 Å². The normalized spacial score (nSPS) is 12.2. The molecule has 0 amide bonds. The number of methoxy groups -OCH3 is 1. The topological polar surface area (TPSA) is 29.5 Å². The summed E-state index contributed by atoms with van der Waals surface area (Å²) >= 11 is 0. The van der Waals surface area contributed by atoms with Crippen molar-refractivity contribution in [2.75, 3.05) is 7.11 Å². The molecule has 0 bridgehead atoms. The molecule has 1 aromatic rings. The van der Waals surface area contributed by atoms with Gasteiger partial charge in [-0.05, 0) is 25.0 Å².